The van der Waals surface area contributed by atoms with Crippen LogP contribution in [0.15, 0.2) is 41.3 Å². The molecule has 0 unspecified atom stereocenters. The third kappa shape index (κ3) is 5.20. The Morgan fingerprint density at radius 2 is 1.87 bits per heavy atom. The van der Waals surface area contributed by atoms with Crippen LogP contribution in [-0.2, 0) is 14.8 Å². The summed E-state index contributed by atoms with van der Waals surface area (Å²) in [5, 5.41) is 13.6. The molecule has 1 N–H and O–H groups in total. The van der Waals surface area contributed by atoms with E-state index in [1.807, 2.05) is 0 Å². The lowest BCUT2D eigenvalue weighted by Crippen LogP contribution is -2.35. The number of piperidine rings is 1. The number of ether oxygens (including phenoxy) is 1. The fourth-order valence-corrected chi connectivity index (χ4v) is 5.09. The lowest BCUT2D eigenvalue weighted by Gasteiger charge is -2.26. The number of amides is 1. The summed E-state index contributed by atoms with van der Waals surface area (Å²) in [5.74, 6) is -0.0866. The zero-order valence-corrected chi connectivity index (χ0v) is 18.3. The number of anilines is 1. The highest BCUT2D eigenvalue weighted by Gasteiger charge is 2.26. The average molecular weight is 448 g/mol. The Labute approximate surface area is 181 Å². The van der Waals surface area contributed by atoms with Gasteiger partial charge in [0.05, 0.1) is 21.1 Å². The summed E-state index contributed by atoms with van der Waals surface area (Å²) < 4.78 is 32.6. The second-order valence-corrected chi connectivity index (χ2v) is 9.37. The van der Waals surface area contributed by atoms with Gasteiger partial charge in [0.25, 0.3) is 11.6 Å². The van der Waals surface area contributed by atoms with E-state index in [0.29, 0.717) is 35.7 Å². The lowest BCUT2D eigenvalue weighted by atomic mass is 10.1. The van der Waals surface area contributed by atoms with Gasteiger partial charge in [-0.2, -0.15) is 4.31 Å². The van der Waals surface area contributed by atoms with Crippen LogP contribution in [-0.4, -0.2) is 43.2 Å². The van der Waals surface area contributed by atoms with Crippen LogP contribution in [0.3, 0.4) is 0 Å². The van der Waals surface area contributed by atoms with Gasteiger partial charge in [-0.25, -0.2) is 8.42 Å². The Morgan fingerprint density at radius 3 is 2.52 bits per heavy atom. The van der Waals surface area contributed by atoms with Gasteiger partial charge in [-0.15, -0.1) is 0 Å². The Bertz CT molecular complexity index is 1090. The molecule has 1 heterocycles. The van der Waals surface area contributed by atoms with E-state index >= 15 is 0 Å². The number of hydrogen-bond donors (Lipinski definition) is 1. The maximum atomic E-state index is 12.8. The number of carbonyl (C=O) groups excluding carboxylic acids is 1. The maximum Gasteiger partial charge on any atom is 0.274 e. The standard InChI is InChI=1S/C21H25N3O6S/c1-15-13-17(31(28,29)23-11-4-3-5-12-23)9-10-20(15)30-14-21(25)22-18-7-6-8-19(16(18)2)24(26)27/h6-10,13H,3-5,11-12,14H2,1-2H3,(H,22,25). The molecular formula is C21H25N3O6S. The van der Waals surface area contributed by atoms with Crippen molar-refractivity contribution in [1.29, 1.82) is 0 Å². The number of carbonyl (C=O) groups is 1. The molecule has 2 aromatic rings. The minimum Gasteiger partial charge on any atom is -0.483 e. The van der Waals surface area contributed by atoms with Crippen LogP contribution in [0.1, 0.15) is 30.4 Å². The molecule has 10 heteroatoms. The predicted molar refractivity (Wildman–Crippen MR) is 116 cm³/mol. The van der Waals surface area contributed by atoms with E-state index in [2.05, 4.69) is 5.32 Å². The zero-order chi connectivity index (χ0) is 22.6. The molecule has 0 spiro atoms. The van der Waals surface area contributed by atoms with Crippen molar-refractivity contribution in [1.82, 2.24) is 4.31 Å². The summed E-state index contributed by atoms with van der Waals surface area (Å²) in [6.07, 6.45) is 2.76. The van der Waals surface area contributed by atoms with Gasteiger partial charge in [0.2, 0.25) is 10.0 Å². The van der Waals surface area contributed by atoms with Gasteiger partial charge >= 0.3 is 0 Å². The summed E-state index contributed by atoms with van der Waals surface area (Å²) in [6.45, 7) is 4.00. The lowest BCUT2D eigenvalue weighted by molar-refractivity contribution is -0.385. The van der Waals surface area contributed by atoms with Crippen molar-refractivity contribution in [2.75, 3.05) is 25.0 Å². The molecule has 0 aromatic heterocycles. The minimum atomic E-state index is -3.55. The quantitative estimate of drug-likeness (QED) is 0.513. The summed E-state index contributed by atoms with van der Waals surface area (Å²) >= 11 is 0. The van der Waals surface area contributed by atoms with Gasteiger partial charge in [-0.1, -0.05) is 12.5 Å². The molecule has 0 bridgehead atoms. The Kier molecular flexibility index (Phi) is 6.91. The number of nitrogens with one attached hydrogen (secondary N) is 1. The molecule has 1 amide bonds. The van der Waals surface area contributed by atoms with Crippen molar-refractivity contribution in [3.05, 3.63) is 57.6 Å². The molecule has 3 rings (SSSR count). The molecule has 0 radical (unpaired) electrons. The smallest absolute Gasteiger partial charge is 0.274 e. The van der Waals surface area contributed by atoms with Crippen molar-refractivity contribution >= 4 is 27.3 Å². The van der Waals surface area contributed by atoms with E-state index in [1.54, 1.807) is 26.0 Å². The summed E-state index contributed by atoms with van der Waals surface area (Å²) in [5.41, 5.74) is 1.20. The fourth-order valence-electron chi connectivity index (χ4n) is 3.48. The van der Waals surface area contributed by atoms with Crippen molar-refractivity contribution < 1.29 is 22.9 Å². The first kappa shape index (κ1) is 22.7. The number of nitrogens with zero attached hydrogens (tertiary/aromatic N) is 2. The molecule has 31 heavy (non-hydrogen) atoms. The van der Waals surface area contributed by atoms with E-state index in [0.717, 1.165) is 19.3 Å². The first-order valence-corrected chi connectivity index (χ1v) is 11.4. The van der Waals surface area contributed by atoms with Gasteiger partial charge in [-0.3, -0.25) is 14.9 Å². The van der Waals surface area contributed by atoms with E-state index in [4.69, 9.17) is 4.74 Å². The third-order valence-corrected chi connectivity index (χ3v) is 7.13. The zero-order valence-electron chi connectivity index (χ0n) is 17.5. The molecule has 1 fully saturated rings. The highest BCUT2D eigenvalue weighted by atomic mass is 32.2. The van der Waals surface area contributed by atoms with Crippen molar-refractivity contribution in [2.45, 2.75) is 38.0 Å². The highest BCUT2D eigenvalue weighted by Crippen LogP contribution is 2.27. The molecule has 166 valence electrons. The van der Waals surface area contributed by atoms with Gasteiger partial charge in [0.1, 0.15) is 5.75 Å². The summed E-state index contributed by atoms with van der Waals surface area (Å²) in [6, 6.07) is 9.00. The number of sulfonamides is 1. The van der Waals surface area contributed by atoms with E-state index in [9.17, 15) is 23.3 Å². The molecule has 1 saturated heterocycles. The van der Waals surface area contributed by atoms with Crippen LogP contribution in [0.25, 0.3) is 0 Å². The van der Waals surface area contributed by atoms with Gasteiger partial charge in [0.15, 0.2) is 6.61 Å². The van der Waals surface area contributed by atoms with Crippen LogP contribution in [0.5, 0.6) is 5.75 Å². The maximum absolute atomic E-state index is 12.8. The molecule has 0 saturated carbocycles. The first-order chi connectivity index (χ1) is 14.7. The number of nitro groups is 1. The topological polar surface area (TPSA) is 119 Å². The summed E-state index contributed by atoms with van der Waals surface area (Å²) in [4.78, 5) is 23.0. The predicted octanol–water partition coefficient (Wildman–Crippen LogP) is 3.40. The Hall–Kier alpha value is -2.98. The Balaban J connectivity index is 1.65. The van der Waals surface area contributed by atoms with Crippen LogP contribution >= 0.6 is 0 Å². The van der Waals surface area contributed by atoms with Gasteiger partial charge in [-0.05, 0) is 56.5 Å². The monoisotopic (exact) mass is 447 g/mol. The van der Waals surface area contributed by atoms with Crippen molar-refractivity contribution in [2.24, 2.45) is 0 Å². The number of aryl methyl sites for hydroxylation is 1. The van der Waals surface area contributed by atoms with Gasteiger partial charge in [0, 0.05) is 19.2 Å². The number of hydrogen-bond acceptors (Lipinski definition) is 6. The minimum absolute atomic E-state index is 0.0833. The number of benzene rings is 2. The second kappa shape index (κ2) is 9.44. The van der Waals surface area contributed by atoms with E-state index in [-0.39, 0.29) is 17.2 Å². The molecule has 0 atom stereocenters. The average Bonchev–Trinajstić information content (AvgIpc) is 2.74. The first-order valence-electron chi connectivity index (χ1n) is 9.97. The molecule has 0 aliphatic carbocycles. The number of nitro benzene ring substituents is 1. The highest BCUT2D eigenvalue weighted by molar-refractivity contribution is 7.89. The van der Waals surface area contributed by atoms with Crippen molar-refractivity contribution in [3.8, 4) is 5.75 Å². The van der Waals surface area contributed by atoms with E-state index < -0.39 is 20.9 Å². The van der Waals surface area contributed by atoms with Gasteiger partial charge < -0.3 is 10.1 Å². The van der Waals surface area contributed by atoms with Crippen molar-refractivity contribution in [3.63, 3.8) is 0 Å². The van der Waals surface area contributed by atoms with Crippen LogP contribution in [0, 0.1) is 24.0 Å². The SMILES string of the molecule is Cc1cc(S(=O)(=O)N2CCCCC2)ccc1OCC(=O)Nc1cccc([N+](=O)[O-])c1C. The van der Waals surface area contributed by atoms with Crippen LogP contribution in [0.2, 0.25) is 0 Å². The third-order valence-electron chi connectivity index (χ3n) is 5.23. The normalized spacial score (nSPS) is 14.8. The molecular weight excluding hydrogens is 422 g/mol. The van der Waals surface area contributed by atoms with Crippen LogP contribution in [0.4, 0.5) is 11.4 Å². The Morgan fingerprint density at radius 1 is 1.16 bits per heavy atom. The molecule has 1 aliphatic rings. The second-order valence-electron chi connectivity index (χ2n) is 7.44. The summed E-state index contributed by atoms with van der Waals surface area (Å²) in [7, 11) is -3.55. The molecule has 1 aliphatic heterocycles. The number of rotatable bonds is 7. The molecule has 2 aromatic carbocycles. The fraction of sp³-hybridized carbons (Fsp3) is 0.381. The van der Waals surface area contributed by atoms with Crippen LogP contribution < -0.4 is 10.1 Å². The van der Waals surface area contributed by atoms with E-state index in [1.165, 1.54) is 28.6 Å². The largest absolute Gasteiger partial charge is 0.483 e. The molecule has 9 nitrogen and oxygen atoms in total.